The molecule has 5 heteroatoms. The Balaban J connectivity index is 2.61. The Kier molecular flexibility index (Phi) is 5.49. The summed E-state index contributed by atoms with van der Waals surface area (Å²) in [5.41, 5.74) is 1.59. The molecule has 0 spiro atoms. The molecule has 102 valence electrons. The van der Waals surface area contributed by atoms with Crippen LogP contribution in [-0.4, -0.2) is 15.5 Å². The average molecular weight is 336 g/mol. The molecule has 0 fully saturated rings. The zero-order valence-corrected chi connectivity index (χ0v) is 13.5. The first-order valence-electron chi connectivity index (χ1n) is 5.82. The zero-order valence-electron chi connectivity index (χ0n) is 11.1. The van der Waals surface area contributed by atoms with Crippen molar-refractivity contribution in [1.82, 2.24) is 4.72 Å². The second-order valence-corrected chi connectivity index (χ2v) is 8.08. The van der Waals surface area contributed by atoms with Crippen LogP contribution in [-0.2, 0) is 17.4 Å². The molecule has 0 saturated heterocycles. The van der Waals surface area contributed by atoms with E-state index in [4.69, 9.17) is 0 Å². The molecule has 1 aromatic carbocycles. The Morgan fingerprint density at radius 1 is 1.39 bits per heavy atom. The number of nitrogens with one attached hydrogen (secondary N) is 1. The van der Waals surface area contributed by atoms with Crippen LogP contribution >= 0.6 is 15.9 Å². The molecular weight excluding hydrogens is 317 g/mol. The molecule has 0 heterocycles. The molecule has 0 bridgehead atoms. The minimum atomic E-state index is -1.08. The van der Waals surface area contributed by atoms with Crippen LogP contribution in [0.15, 0.2) is 16.6 Å². The highest BCUT2D eigenvalue weighted by molar-refractivity contribution is 9.10. The van der Waals surface area contributed by atoms with E-state index in [-0.39, 0.29) is 10.6 Å². The summed E-state index contributed by atoms with van der Waals surface area (Å²) in [6.45, 7) is 8.09. The van der Waals surface area contributed by atoms with Crippen LogP contribution in [0.4, 0.5) is 4.39 Å². The summed E-state index contributed by atoms with van der Waals surface area (Å²) >= 11 is 3.16. The maximum absolute atomic E-state index is 13.6. The summed E-state index contributed by atoms with van der Waals surface area (Å²) in [7, 11) is -1.08. The Labute approximate surface area is 119 Å². The largest absolute Gasteiger partial charge is 0.242 e. The summed E-state index contributed by atoms with van der Waals surface area (Å²) < 4.78 is 28.6. The van der Waals surface area contributed by atoms with Crippen molar-refractivity contribution >= 4 is 26.9 Å². The normalized spacial score (nSPS) is 13.7. The van der Waals surface area contributed by atoms with Crippen molar-refractivity contribution in [2.45, 2.75) is 38.9 Å². The third-order valence-electron chi connectivity index (χ3n) is 2.64. The van der Waals surface area contributed by atoms with E-state index in [0.717, 1.165) is 5.56 Å². The van der Waals surface area contributed by atoms with E-state index < -0.39 is 11.0 Å². The van der Waals surface area contributed by atoms with Gasteiger partial charge in [-0.3, -0.25) is 0 Å². The molecule has 0 aliphatic rings. The van der Waals surface area contributed by atoms with Gasteiger partial charge in [-0.05, 0) is 67.2 Å². The highest BCUT2D eigenvalue weighted by atomic mass is 79.9. The monoisotopic (exact) mass is 335 g/mol. The predicted octanol–water partition coefficient (Wildman–Crippen LogP) is 3.49. The molecule has 0 aliphatic heterocycles. The standard InChI is InChI=1S/C13H19BrFNOS/c1-9-10(5-6-11(14)12(9)15)7-8-16-18(17)13(2,3)4/h5-6,16H,7-8H2,1-4H3. The number of halogens is 2. The number of benzene rings is 1. The summed E-state index contributed by atoms with van der Waals surface area (Å²) in [5, 5.41) is 0. The first kappa shape index (κ1) is 15.8. The van der Waals surface area contributed by atoms with Crippen LogP contribution in [0.3, 0.4) is 0 Å². The van der Waals surface area contributed by atoms with Gasteiger partial charge in [0.05, 0.1) is 20.2 Å². The van der Waals surface area contributed by atoms with Gasteiger partial charge in [0.25, 0.3) is 0 Å². The van der Waals surface area contributed by atoms with Crippen LogP contribution in [0, 0.1) is 12.7 Å². The van der Waals surface area contributed by atoms with E-state index in [1.807, 2.05) is 26.8 Å². The fraction of sp³-hybridized carbons (Fsp3) is 0.538. The molecule has 0 amide bonds. The quantitative estimate of drug-likeness (QED) is 0.896. The van der Waals surface area contributed by atoms with Gasteiger partial charge in [-0.2, -0.15) is 0 Å². The third kappa shape index (κ3) is 4.14. The highest BCUT2D eigenvalue weighted by Crippen LogP contribution is 2.21. The van der Waals surface area contributed by atoms with Gasteiger partial charge in [0, 0.05) is 6.54 Å². The summed E-state index contributed by atoms with van der Waals surface area (Å²) in [5.74, 6) is -0.218. The number of hydrogen-bond donors (Lipinski definition) is 1. The fourth-order valence-corrected chi connectivity index (χ4v) is 2.61. The van der Waals surface area contributed by atoms with Crippen molar-refractivity contribution in [3.8, 4) is 0 Å². The molecule has 1 N–H and O–H groups in total. The van der Waals surface area contributed by atoms with E-state index >= 15 is 0 Å². The first-order valence-corrected chi connectivity index (χ1v) is 7.76. The molecule has 0 saturated carbocycles. The van der Waals surface area contributed by atoms with Crippen molar-refractivity contribution in [1.29, 1.82) is 0 Å². The lowest BCUT2D eigenvalue weighted by molar-refractivity contribution is 0.607. The van der Waals surface area contributed by atoms with E-state index in [1.165, 1.54) is 0 Å². The second kappa shape index (κ2) is 6.26. The van der Waals surface area contributed by atoms with Gasteiger partial charge in [-0.25, -0.2) is 13.3 Å². The molecule has 2 nitrogen and oxygen atoms in total. The third-order valence-corrected chi connectivity index (χ3v) is 4.83. The zero-order chi connectivity index (χ0) is 13.9. The Morgan fingerprint density at radius 2 is 2.00 bits per heavy atom. The van der Waals surface area contributed by atoms with Crippen LogP contribution in [0.25, 0.3) is 0 Å². The molecule has 1 atom stereocenters. The average Bonchev–Trinajstić information content (AvgIpc) is 2.27. The minimum Gasteiger partial charge on any atom is -0.242 e. The molecule has 0 aromatic heterocycles. The van der Waals surface area contributed by atoms with Crippen LogP contribution in [0.1, 0.15) is 31.9 Å². The van der Waals surface area contributed by atoms with E-state index in [1.54, 1.807) is 13.0 Å². The molecule has 1 aromatic rings. The molecule has 1 unspecified atom stereocenters. The summed E-state index contributed by atoms with van der Waals surface area (Å²) in [4.78, 5) is 0. The van der Waals surface area contributed by atoms with E-state index in [2.05, 4.69) is 20.7 Å². The molecule has 0 radical (unpaired) electrons. The molecule has 0 aliphatic carbocycles. The van der Waals surface area contributed by atoms with Gasteiger partial charge in [0.2, 0.25) is 0 Å². The lowest BCUT2D eigenvalue weighted by Gasteiger charge is -2.18. The van der Waals surface area contributed by atoms with Gasteiger partial charge in [0.15, 0.2) is 0 Å². The fourth-order valence-electron chi connectivity index (χ4n) is 1.46. The highest BCUT2D eigenvalue weighted by Gasteiger charge is 2.18. The van der Waals surface area contributed by atoms with Crippen molar-refractivity contribution in [3.05, 3.63) is 33.5 Å². The topological polar surface area (TPSA) is 29.1 Å². The van der Waals surface area contributed by atoms with Gasteiger partial charge in [-0.1, -0.05) is 6.07 Å². The van der Waals surface area contributed by atoms with Gasteiger partial charge in [-0.15, -0.1) is 0 Å². The van der Waals surface area contributed by atoms with Crippen molar-refractivity contribution in [2.24, 2.45) is 0 Å². The van der Waals surface area contributed by atoms with Gasteiger partial charge >= 0.3 is 0 Å². The van der Waals surface area contributed by atoms with Crippen molar-refractivity contribution in [2.75, 3.05) is 6.54 Å². The smallest absolute Gasteiger partial charge is 0.140 e. The molecule has 18 heavy (non-hydrogen) atoms. The Bertz CT molecular complexity index is 457. The molecular formula is C13H19BrFNOS. The Hall–Kier alpha value is -0.260. The minimum absolute atomic E-state index is 0.218. The lowest BCUT2D eigenvalue weighted by atomic mass is 10.1. The molecule has 1 rings (SSSR count). The van der Waals surface area contributed by atoms with Crippen molar-refractivity contribution in [3.63, 3.8) is 0 Å². The second-order valence-electron chi connectivity index (χ2n) is 5.17. The first-order chi connectivity index (χ1) is 8.23. The van der Waals surface area contributed by atoms with E-state index in [0.29, 0.717) is 23.0 Å². The summed E-state index contributed by atoms with van der Waals surface area (Å²) in [6.07, 6.45) is 0.665. The SMILES string of the molecule is Cc1c(CCNS(=O)C(C)(C)C)ccc(Br)c1F. The maximum atomic E-state index is 13.6. The predicted molar refractivity (Wildman–Crippen MR) is 78.4 cm³/mol. The van der Waals surface area contributed by atoms with Gasteiger partial charge < -0.3 is 0 Å². The lowest BCUT2D eigenvalue weighted by Crippen LogP contribution is -2.34. The van der Waals surface area contributed by atoms with Crippen LogP contribution in [0.2, 0.25) is 0 Å². The Morgan fingerprint density at radius 3 is 2.56 bits per heavy atom. The van der Waals surface area contributed by atoms with Crippen LogP contribution in [0.5, 0.6) is 0 Å². The van der Waals surface area contributed by atoms with E-state index in [9.17, 15) is 8.60 Å². The number of hydrogen-bond acceptors (Lipinski definition) is 1. The van der Waals surface area contributed by atoms with Gasteiger partial charge in [0.1, 0.15) is 5.82 Å². The van der Waals surface area contributed by atoms with Crippen molar-refractivity contribution < 1.29 is 8.60 Å². The summed E-state index contributed by atoms with van der Waals surface area (Å²) in [6, 6.07) is 3.60. The van der Waals surface area contributed by atoms with Crippen LogP contribution < -0.4 is 4.72 Å². The number of rotatable bonds is 4. The maximum Gasteiger partial charge on any atom is 0.140 e.